The standard InChI is InChI=1S/C14H15Cl2N3/c15-9-5-10(16)14-12(6-9)18-11(7-13(14)19-17)8-3-1-2-4-8/h5-8H,1-4,17H2,(H,18,19). The molecule has 3 N–H and O–H groups in total. The molecule has 1 saturated carbocycles. The fraction of sp³-hybridized carbons (Fsp3) is 0.357. The Labute approximate surface area is 122 Å². The SMILES string of the molecule is NNc1cc(C2CCCC2)nc2cc(Cl)cc(Cl)c12. The summed E-state index contributed by atoms with van der Waals surface area (Å²) >= 11 is 12.3. The number of anilines is 1. The van der Waals surface area contributed by atoms with E-state index in [1.807, 2.05) is 12.1 Å². The van der Waals surface area contributed by atoms with E-state index in [-0.39, 0.29) is 0 Å². The van der Waals surface area contributed by atoms with Crippen LogP contribution in [0.25, 0.3) is 10.9 Å². The first-order chi connectivity index (χ1) is 9.19. The average Bonchev–Trinajstić information content (AvgIpc) is 2.90. The van der Waals surface area contributed by atoms with Gasteiger partial charge >= 0.3 is 0 Å². The highest BCUT2D eigenvalue weighted by molar-refractivity contribution is 6.39. The lowest BCUT2D eigenvalue weighted by Gasteiger charge is -2.14. The highest BCUT2D eigenvalue weighted by atomic mass is 35.5. The normalized spacial score (nSPS) is 16.2. The van der Waals surface area contributed by atoms with Crippen LogP contribution in [-0.4, -0.2) is 4.98 Å². The molecule has 0 atom stereocenters. The summed E-state index contributed by atoms with van der Waals surface area (Å²) in [6.45, 7) is 0. The van der Waals surface area contributed by atoms with Crippen LogP contribution in [0.5, 0.6) is 0 Å². The van der Waals surface area contributed by atoms with E-state index >= 15 is 0 Å². The molecule has 0 unspecified atom stereocenters. The number of rotatable bonds is 2. The fourth-order valence-electron chi connectivity index (χ4n) is 2.85. The molecule has 1 fully saturated rings. The monoisotopic (exact) mass is 295 g/mol. The largest absolute Gasteiger partial charge is 0.323 e. The number of nitrogens with zero attached hydrogens (tertiary/aromatic N) is 1. The first-order valence-electron chi connectivity index (χ1n) is 6.45. The van der Waals surface area contributed by atoms with Crippen molar-refractivity contribution in [2.45, 2.75) is 31.6 Å². The molecule has 0 radical (unpaired) electrons. The maximum atomic E-state index is 6.24. The van der Waals surface area contributed by atoms with E-state index < -0.39 is 0 Å². The fourth-order valence-corrected chi connectivity index (χ4v) is 3.44. The number of fused-ring (bicyclic) bond motifs is 1. The number of nitrogens with two attached hydrogens (primary N) is 1. The number of hydrogen-bond acceptors (Lipinski definition) is 3. The summed E-state index contributed by atoms with van der Waals surface area (Å²) in [5.41, 5.74) is 5.42. The number of nitrogens with one attached hydrogen (secondary N) is 1. The molecule has 5 heteroatoms. The van der Waals surface area contributed by atoms with Gasteiger partial charge < -0.3 is 5.43 Å². The van der Waals surface area contributed by atoms with Crippen molar-refractivity contribution in [1.29, 1.82) is 0 Å². The number of hydrogen-bond donors (Lipinski definition) is 2. The lowest BCUT2D eigenvalue weighted by Crippen LogP contribution is -2.09. The van der Waals surface area contributed by atoms with E-state index in [1.54, 1.807) is 6.07 Å². The van der Waals surface area contributed by atoms with Crippen LogP contribution >= 0.6 is 23.2 Å². The predicted molar refractivity (Wildman–Crippen MR) is 80.8 cm³/mol. The molecule has 100 valence electrons. The number of aromatic nitrogens is 1. The van der Waals surface area contributed by atoms with Crippen LogP contribution in [0.2, 0.25) is 10.0 Å². The number of halogens is 2. The van der Waals surface area contributed by atoms with Gasteiger partial charge in [-0.3, -0.25) is 10.8 Å². The van der Waals surface area contributed by atoms with Gasteiger partial charge in [-0.1, -0.05) is 36.0 Å². The molecule has 0 saturated heterocycles. The molecular weight excluding hydrogens is 281 g/mol. The Morgan fingerprint density at radius 2 is 1.89 bits per heavy atom. The zero-order valence-corrected chi connectivity index (χ0v) is 11.9. The van der Waals surface area contributed by atoms with Crippen LogP contribution in [0.3, 0.4) is 0 Å². The lowest BCUT2D eigenvalue weighted by atomic mass is 10.0. The number of hydrazine groups is 1. The number of benzene rings is 1. The third-order valence-corrected chi connectivity index (χ3v) is 4.29. The van der Waals surface area contributed by atoms with Gasteiger partial charge in [0.2, 0.25) is 0 Å². The summed E-state index contributed by atoms with van der Waals surface area (Å²) in [6.07, 6.45) is 4.92. The lowest BCUT2D eigenvalue weighted by molar-refractivity contribution is 0.701. The van der Waals surface area contributed by atoms with Gasteiger partial charge in [0.25, 0.3) is 0 Å². The second kappa shape index (κ2) is 5.16. The van der Waals surface area contributed by atoms with Crippen molar-refractivity contribution in [2.24, 2.45) is 5.84 Å². The van der Waals surface area contributed by atoms with Crippen LogP contribution in [0.1, 0.15) is 37.3 Å². The summed E-state index contributed by atoms with van der Waals surface area (Å²) in [5, 5.41) is 1.99. The van der Waals surface area contributed by atoms with Crippen molar-refractivity contribution in [2.75, 3.05) is 5.43 Å². The Morgan fingerprint density at radius 3 is 2.58 bits per heavy atom. The van der Waals surface area contributed by atoms with Crippen LogP contribution in [0, 0.1) is 0 Å². The minimum absolute atomic E-state index is 0.522. The van der Waals surface area contributed by atoms with Crippen molar-refractivity contribution < 1.29 is 0 Å². The minimum atomic E-state index is 0.522. The van der Waals surface area contributed by atoms with Gasteiger partial charge in [0.05, 0.1) is 16.2 Å². The highest BCUT2D eigenvalue weighted by Crippen LogP contribution is 2.38. The van der Waals surface area contributed by atoms with Gasteiger partial charge in [0.1, 0.15) is 0 Å². The second-order valence-electron chi connectivity index (χ2n) is 5.00. The van der Waals surface area contributed by atoms with E-state index in [2.05, 4.69) is 5.43 Å². The summed E-state index contributed by atoms with van der Waals surface area (Å²) < 4.78 is 0. The van der Waals surface area contributed by atoms with Gasteiger partial charge in [0, 0.05) is 22.0 Å². The number of pyridine rings is 1. The van der Waals surface area contributed by atoms with E-state index in [0.717, 1.165) is 22.3 Å². The first kappa shape index (κ1) is 13.0. The molecule has 3 rings (SSSR count). The topological polar surface area (TPSA) is 50.9 Å². The van der Waals surface area contributed by atoms with Crippen LogP contribution in [0.15, 0.2) is 18.2 Å². The zero-order chi connectivity index (χ0) is 13.4. The van der Waals surface area contributed by atoms with Gasteiger partial charge in [-0.2, -0.15) is 0 Å². The third kappa shape index (κ3) is 2.38. The Morgan fingerprint density at radius 1 is 1.16 bits per heavy atom. The summed E-state index contributed by atoms with van der Waals surface area (Å²) in [5.74, 6) is 6.14. The number of nitrogen functional groups attached to an aromatic ring is 1. The molecule has 0 bridgehead atoms. The first-order valence-corrected chi connectivity index (χ1v) is 7.21. The Balaban J connectivity index is 2.21. The minimum Gasteiger partial charge on any atom is -0.323 e. The highest BCUT2D eigenvalue weighted by Gasteiger charge is 2.20. The molecular formula is C14H15Cl2N3. The van der Waals surface area contributed by atoms with E-state index in [1.165, 1.54) is 25.7 Å². The molecule has 1 aliphatic rings. The van der Waals surface area contributed by atoms with E-state index in [0.29, 0.717) is 16.0 Å². The second-order valence-corrected chi connectivity index (χ2v) is 5.85. The zero-order valence-electron chi connectivity index (χ0n) is 10.4. The van der Waals surface area contributed by atoms with Crippen molar-refractivity contribution in [3.05, 3.63) is 33.9 Å². The summed E-state index contributed by atoms with van der Waals surface area (Å²) in [4.78, 5) is 4.72. The maximum Gasteiger partial charge on any atom is 0.0756 e. The third-order valence-electron chi connectivity index (χ3n) is 3.77. The smallest absolute Gasteiger partial charge is 0.0756 e. The van der Waals surface area contributed by atoms with Crippen molar-refractivity contribution >= 4 is 39.8 Å². The average molecular weight is 296 g/mol. The van der Waals surface area contributed by atoms with Crippen molar-refractivity contribution in [3.8, 4) is 0 Å². The Kier molecular flexibility index (Phi) is 3.52. The molecule has 1 aliphatic carbocycles. The molecule has 1 aromatic carbocycles. The molecule has 2 aromatic rings. The van der Waals surface area contributed by atoms with Crippen LogP contribution in [-0.2, 0) is 0 Å². The van der Waals surface area contributed by atoms with E-state index in [4.69, 9.17) is 34.0 Å². The van der Waals surface area contributed by atoms with Crippen molar-refractivity contribution in [1.82, 2.24) is 4.98 Å². The van der Waals surface area contributed by atoms with E-state index in [9.17, 15) is 0 Å². The van der Waals surface area contributed by atoms with Gasteiger partial charge in [-0.05, 0) is 31.0 Å². The summed E-state index contributed by atoms with van der Waals surface area (Å²) in [7, 11) is 0. The van der Waals surface area contributed by atoms with Gasteiger partial charge in [-0.15, -0.1) is 0 Å². The maximum absolute atomic E-state index is 6.24. The molecule has 0 spiro atoms. The molecule has 3 nitrogen and oxygen atoms in total. The molecule has 0 aliphatic heterocycles. The van der Waals surface area contributed by atoms with Crippen LogP contribution in [0.4, 0.5) is 5.69 Å². The molecule has 1 aromatic heterocycles. The predicted octanol–water partition coefficient (Wildman–Crippen LogP) is 4.48. The van der Waals surface area contributed by atoms with Crippen LogP contribution < -0.4 is 11.3 Å². The molecule has 19 heavy (non-hydrogen) atoms. The quantitative estimate of drug-likeness (QED) is 0.634. The van der Waals surface area contributed by atoms with Gasteiger partial charge in [0.15, 0.2) is 0 Å². The van der Waals surface area contributed by atoms with Gasteiger partial charge in [-0.25, -0.2) is 0 Å². The molecule has 0 amide bonds. The summed E-state index contributed by atoms with van der Waals surface area (Å²) in [6, 6.07) is 5.56. The van der Waals surface area contributed by atoms with Crippen molar-refractivity contribution in [3.63, 3.8) is 0 Å². The molecule has 1 heterocycles. The Bertz CT molecular complexity index is 622. The Hall–Kier alpha value is -1.03.